The van der Waals surface area contributed by atoms with Gasteiger partial charge in [0.2, 0.25) is 0 Å². The zero-order chi connectivity index (χ0) is 22.9. The second-order valence-electron chi connectivity index (χ2n) is 8.34. The number of benzene rings is 1. The Morgan fingerprint density at radius 3 is 2.66 bits per heavy atom. The first-order valence-electron chi connectivity index (χ1n) is 11.6. The van der Waals surface area contributed by atoms with E-state index in [9.17, 15) is 0 Å². The van der Waals surface area contributed by atoms with Crippen LogP contribution in [0.25, 0.3) is 0 Å². The van der Waals surface area contributed by atoms with Gasteiger partial charge in [0.15, 0.2) is 5.96 Å². The third-order valence-electron chi connectivity index (χ3n) is 5.78. The van der Waals surface area contributed by atoms with E-state index in [0.717, 1.165) is 49.8 Å². The smallest absolute Gasteiger partial charge is 0.191 e. The fraction of sp³-hybridized carbons (Fsp3) is 0.480. The molecule has 0 aliphatic heterocycles. The van der Waals surface area contributed by atoms with Gasteiger partial charge in [-0.05, 0) is 58.1 Å². The number of nitrogens with one attached hydrogen (secondary N) is 2. The molecule has 0 amide bonds. The van der Waals surface area contributed by atoms with Crippen LogP contribution in [-0.2, 0) is 33.0 Å². The van der Waals surface area contributed by atoms with Crippen molar-refractivity contribution in [3.05, 3.63) is 71.1 Å². The Labute approximate surface area is 192 Å². The van der Waals surface area contributed by atoms with Gasteiger partial charge in [-0.15, -0.1) is 0 Å². The zero-order valence-corrected chi connectivity index (χ0v) is 20.1. The third kappa shape index (κ3) is 6.45. The van der Waals surface area contributed by atoms with Gasteiger partial charge in [0, 0.05) is 44.3 Å². The van der Waals surface area contributed by atoms with Crippen molar-refractivity contribution in [2.45, 2.75) is 66.1 Å². The number of nitrogens with zero attached hydrogens (tertiary/aromatic N) is 5. The van der Waals surface area contributed by atoms with Crippen LogP contribution in [0, 0.1) is 13.8 Å². The standard InChI is InChI=1S/C25H37N7/c1-6-26-25(29-19(2)17-23-20(3)30-31(5)21(23)4)28-18-24-27-14-16-32(24)15-10-13-22-11-8-7-9-12-22/h7-9,11-12,14,16,19H,6,10,13,15,17-18H2,1-5H3,(H2,26,28,29). The van der Waals surface area contributed by atoms with E-state index in [-0.39, 0.29) is 6.04 Å². The van der Waals surface area contributed by atoms with Gasteiger partial charge in [-0.25, -0.2) is 9.98 Å². The molecule has 3 rings (SSSR count). The van der Waals surface area contributed by atoms with Crippen LogP contribution in [0.4, 0.5) is 0 Å². The number of guanidine groups is 1. The number of imidazole rings is 1. The second kappa shape index (κ2) is 11.5. The second-order valence-corrected chi connectivity index (χ2v) is 8.34. The van der Waals surface area contributed by atoms with Gasteiger partial charge in [0.25, 0.3) is 0 Å². The maximum atomic E-state index is 4.80. The Kier molecular flexibility index (Phi) is 8.48. The molecule has 2 N–H and O–H groups in total. The molecule has 2 aromatic heterocycles. The quantitative estimate of drug-likeness (QED) is 0.377. The summed E-state index contributed by atoms with van der Waals surface area (Å²) < 4.78 is 4.16. The number of hydrogen-bond donors (Lipinski definition) is 2. The molecule has 0 saturated carbocycles. The van der Waals surface area contributed by atoms with Gasteiger partial charge in [-0.1, -0.05) is 30.3 Å². The monoisotopic (exact) mass is 435 g/mol. The van der Waals surface area contributed by atoms with Crippen LogP contribution in [0.1, 0.15) is 48.6 Å². The summed E-state index contributed by atoms with van der Waals surface area (Å²) in [7, 11) is 2.00. The van der Waals surface area contributed by atoms with Crippen LogP contribution in [-0.4, -0.2) is 37.9 Å². The van der Waals surface area contributed by atoms with E-state index in [0.29, 0.717) is 6.54 Å². The first-order chi connectivity index (χ1) is 15.5. The lowest BCUT2D eigenvalue weighted by Crippen LogP contribution is -2.43. The first kappa shape index (κ1) is 23.6. The average molecular weight is 436 g/mol. The maximum Gasteiger partial charge on any atom is 0.191 e. The topological polar surface area (TPSA) is 72.1 Å². The summed E-state index contributed by atoms with van der Waals surface area (Å²) in [5.74, 6) is 1.81. The summed E-state index contributed by atoms with van der Waals surface area (Å²) in [5, 5.41) is 11.4. The molecule has 0 aliphatic carbocycles. The Morgan fingerprint density at radius 2 is 1.97 bits per heavy atom. The Morgan fingerprint density at radius 1 is 1.19 bits per heavy atom. The molecule has 0 aliphatic rings. The molecule has 2 heterocycles. The van der Waals surface area contributed by atoms with E-state index < -0.39 is 0 Å². The normalized spacial score (nSPS) is 12.7. The highest BCUT2D eigenvalue weighted by molar-refractivity contribution is 5.80. The molecule has 7 nitrogen and oxygen atoms in total. The predicted molar refractivity (Wildman–Crippen MR) is 131 cm³/mol. The molecule has 3 aromatic rings. The van der Waals surface area contributed by atoms with Crippen molar-refractivity contribution in [1.82, 2.24) is 30.0 Å². The largest absolute Gasteiger partial charge is 0.357 e. The molecule has 1 unspecified atom stereocenters. The molecule has 1 atom stereocenters. The molecule has 0 saturated heterocycles. The van der Waals surface area contributed by atoms with E-state index >= 15 is 0 Å². The summed E-state index contributed by atoms with van der Waals surface area (Å²) in [6.07, 6.45) is 6.97. The van der Waals surface area contributed by atoms with E-state index in [1.807, 2.05) is 24.1 Å². The van der Waals surface area contributed by atoms with Gasteiger partial charge < -0.3 is 15.2 Å². The number of aliphatic imine (C=N–C) groups is 1. The molecule has 7 heteroatoms. The zero-order valence-electron chi connectivity index (χ0n) is 20.1. The van der Waals surface area contributed by atoms with Crippen molar-refractivity contribution in [3.8, 4) is 0 Å². The Hall–Kier alpha value is -3.09. The summed E-state index contributed by atoms with van der Waals surface area (Å²) in [5.41, 5.74) is 4.99. The number of aromatic nitrogens is 4. The van der Waals surface area contributed by atoms with Gasteiger partial charge in [0.1, 0.15) is 12.4 Å². The van der Waals surface area contributed by atoms with Gasteiger partial charge in [0.05, 0.1) is 5.69 Å². The first-order valence-corrected chi connectivity index (χ1v) is 11.6. The Bertz CT molecular complexity index is 1000. The van der Waals surface area contributed by atoms with Crippen molar-refractivity contribution in [2.75, 3.05) is 6.54 Å². The average Bonchev–Trinajstić information content (AvgIpc) is 3.32. The lowest BCUT2D eigenvalue weighted by Gasteiger charge is -2.18. The van der Waals surface area contributed by atoms with Gasteiger partial charge in [-0.3, -0.25) is 4.68 Å². The molecule has 1 aromatic carbocycles. The summed E-state index contributed by atoms with van der Waals surface area (Å²) in [4.78, 5) is 9.34. The molecular weight excluding hydrogens is 398 g/mol. The third-order valence-corrected chi connectivity index (χ3v) is 5.78. The van der Waals surface area contributed by atoms with Crippen molar-refractivity contribution < 1.29 is 0 Å². The summed E-state index contributed by atoms with van der Waals surface area (Å²) >= 11 is 0. The molecule has 32 heavy (non-hydrogen) atoms. The van der Waals surface area contributed by atoms with Crippen LogP contribution < -0.4 is 10.6 Å². The minimum absolute atomic E-state index is 0.236. The molecule has 0 fully saturated rings. The fourth-order valence-electron chi connectivity index (χ4n) is 3.97. The minimum atomic E-state index is 0.236. The van der Waals surface area contributed by atoms with Crippen molar-refractivity contribution in [1.29, 1.82) is 0 Å². The SMILES string of the molecule is CCNC(=NCc1nccn1CCCc1ccccc1)NC(C)Cc1c(C)nn(C)c1C. The van der Waals surface area contributed by atoms with Crippen LogP contribution in [0.15, 0.2) is 47.7 Å². The van der Waals surface area contributed by atoms with Crippen LogP contribution in [0.2, 0.25) is 0 Å². The van der Waals surface area contributed by atoms with E-state index in [2.05, 4.69) is 83.3 Å². The lowest BCUT2D eigenvalue weighted by atomic mass is 10.1. The van der Waals surface area contributed by atoms with Crippen molar-refractivity contribution in [2.24, 2.45) is 12.0 Å². The summed E-state index contributed by atoms with van der Waals surface area (Å²) in [6, 6.07) is 10.9. The van der Waals surface area contributed by atoms with Crippen molar-refractivity contribution >= 4 is 5.96 Å². The highest BCUT2D eigenvalue weighted by Crippen LogP contribution is 2.14. The predicted octanol–water partition coefficient (Wildman–Crippen LogP) is 3.55. The lowest BCUT2D eigenvalue weighted by molar-refractivity contribution is 0.606. The number of rotatable bonds is 10. The molecule has 0 spiro atoms. The van der Waals surface area contributed by atoms with Crippen LogP contribution in [0.3, 0.4) is 0 Å². The molecule has 0 radical (unpaired) electrons. The highest BCUT2D eigenvalue weighted by atomic mass is 15.3. The van der Waals surface area contributed by atoms with E-state index in [4.69, 9.17) is 4.99 Å². The van der Waals surface area contributed by atoms with Gasteiger partial charge >= 0.3 is 0 Å². The molecule has 172 valence electrons. The van der Waals surface area contributed by atoms with E-state index in [1.54, 1.807) is 0 Å². The van der Waals surface area contributed by atoms with E-state index in [1.165, 1.54) is 16.8 Å². The minimum Gasteiger partial charge on any atom is -0.357 e. The number of aryl methyl sites for hydroxylation is 4. The van der Waals surface area contributed by atoms with Crippen molar-refractivity contribution in [3.63, 3.8) is 0 Å². The highest BCUT2D eigenvalue weighted by Gasteiger charge is 2.14. The molecular formula is C25H37N7. The number of hydrogen-bond acceptors (Lipinski definition) is 3. The van der Waals surface area contributed by atoms with Crippen LogP contribution >= 0.6 is 0 Å². The fourth-order valence-corrected chi connectivity index (χ4v) is 3.97. The van der Waals surface area contributed by atoms with Crippen LogP contribution in [0.5, 0.6) is 0 Å². The maximum absolute atomic E-state index is 4.80. The summed E-state index contributed by atoms with van der Waals surface area (Å²) in [6.45, 7) is 10.8. The van der Waals surface area contributed by atoms with Gasteiger partial charge in [-0.2, -0.15) is 5.10 Å². The Balaban J connectivity index is 1.57. The molecule has 0 bridgehead atoms.